The first kappa shape index (κ1) is 14.2. The Kier molecular flexibility index (Phi) is 4.71. The molecule has 0 amide bonds. The van der Waals surface area contributed by atoms with E-state index in [0.717, 1.165) is 6.42 Å². The van der Waals surface area contributed by atoms with E-state index in [1.165, 1.54) is 22.9 Å². The molecule has 0 saturated carbocycles. The van der Waals surface area contributed by atoms with E-state index in [1.54, 1.807) is 0 Å². The summed E-state index contributed by atoms with van der Waals surface area (Å²) >= 11 is 0. The minimum Gasteiger partial charge on any atom is -0.327 e. The predicted molar refractivity (Wildman–Crippen MR) is 71.9 cm³/mol. The van der Waals surface area contributed by atoms with Crippen molar-refractivity contribution in [1.82, 2.24) is 0 Å². The third-order valence-corrected chi connectivity index (χ3v) is 3.62. The summed E-state index contributed by atoms with van der Waals surface area (Å²) in [6.45, 7) is 4.11. The van der Waals surface area contributed by atoms with E-state index in [0.29, 0.717) is 6.42 Å². The lowest BCUT2D eigenvalue weighted by molar-refractivity contribution is 0.585. The molecule has 2 N–H and O–H groups in total. The van der Waals surface area contributed by atoms with Crippen LogP contribution < -0.4 is 5.73 Å². The number of aryl methyl sites for hydroxylation is 2. The lowest BCUT2D eigenvalue weighted by atomic mass is 10.0. The first-order valence-electron chi connectivity index (χ1n) is 5.77. The Morgan fingerprint density at radius 2 is 1.71 bits per heavy atom. The van der Waals surface area contributed by atoms with Crippen LogP contribution in [0.5, 0.6) is 0 Å². The molecule has 1 aromatic carbocycles. The van der Waals surface area contributed by atoms with E-state index in [-0.39, 0.29) is 11.8 Å². The molecule has 1 aromatic rings. The zero-order chi connectivity index (χ0) is 13.1. The molecule has 0 aliphatic heterocycles. The molecule has 0 bridgehead atoms. The highest BCUT2D eigenvalue weighted by atomic mass is 32.2. The van der Waals surface area contributed by atoms with Crippen LogP contribution in [0.15, 0.2) is 18.2 Å². The summed E-state index contributed by atoms with van der Waals surface area (Å²) in [6.07, 6.45) is 2.50. The van der Waals surface area contributed by atoms with E-state index >= 15 is 0 Å². The second-order valence-corrected chi connectivity index (χ2v) is 7.14. The molecule has 0 fully saturated rings. The molecule has 17 heavy (non-hydrogen) atoms. The van der Waals surface area contributed by atoms with Gasteiger partial charge in [-0.3, -0.25) is 0 Å². The van der Waals surface area contributed by atoms with Gasteiger partial charge in [-0.1, -0.05) is 29.3 Å². The molecule has 0 heterocycles. The van der Waals surface area contributed by atoms with E-state index in [4.69, 9.17) is 5.73 Å². The van der Waals surface area contributed by atoms with Crippen molar-refractivity contribution in [2.24, 2.45) is 5.73 Å². The van der Waals surface area contributed by atoms with Gasteiger partial charge in [-0.25, -0.2) is 8.42 Å². The number of rotatable bonds is 5. The average molecular weight is 255 g/mol. The third-order valence-electron chi connectivity index (χ3n) is 2.64. The topological polar surface area (TPSA) is 60.2 Å². The van der Waals surface area contributed by atoms with Crippen molar-refractivity contribution in [1.29, 1.82) is 0 Å². The molecule has 0 aromatic heterocycles. The molecule has 0 radical (unpaired) electrons. The summed E-state index contributed by atoms with van der Waals surface area (Å²) in [5, 5.41) is 0. The highest BCUT2D eigenvalue weighted by molar-refractivity contribution is 7.90. The van der Waals surface area contributed by atoms with Gasteiger partial charge in [0.25, 0.3) is 0 Å². The van der Waals surface area contributed by atoms with Crippen molar-refractivity contribution in [3.05, 3.63) is 34.9 Å². The molecule has 1 atom stereocenters. The van der Waals surface area contributed by atoms with Crippen LogP contribution >= 0.6 is 0 Å². The number of hydrogen-bond donors (Lipinski definition) is 1. The highest BCUT2D eigenvalue weighted by Crippen LogP contribution is 2.11. The minimum atomic E-state index is -2.91. The van der Waals surface area contributed by atoms with Crippen LogP contribution in [0.4, 0.5) is 0 Å². The van der Waals surface area contributed by atoms with Gasteiger partial charge in [0.2, 0.25) is 0 Å². The van der Waals surface area contributed by atoms with E-state index in [2.05, 4.69) is 32.0 Å². The zero-order valence-electron chi connectivity index (χ0n) is 10.7. The van der Waals surface area contributed by atoms with Crippen LogP contribution in [0.3, 0.4) is 0 Å². The number of sulfone groups is 1. The quantitative estimate of drug-likeness (QED) is 0.869. The second kappa shape index (κ2) is 5.65. The standard InChI is InChI=1S/C13H21NO2S/c1-10-6-11(2)8-12(7-10)9-13(14)4-5-17(3,15)16/h6-8,13H,4-5,9,14H2,1-3H3. The maximum absolute atomic E-state index is 11.0. The van der Waals surface area contributed by atoms with Gasteiger partial charge in [-0.2, -0.15) is 0 Å². The lowest BCUT2D eigenvalue weighted by Gasteiger charge is -2.12. The molecule has 0 spiro atoms. The molecule has 3 nitrogen and oxygen atoms in total. The van der Waals surface area contributed by atoms with Crippen molar-refractivity contribution in [2.75, 3.05) is 12.0 Å². The summed E-state index contributed by atoms with van der Waals surface area (Å²) < 4.78 is 22.1. The Labute approximate surface area is 104 Å². The van der Waals surface area contributed by atoms with E-state index < -0.39 is 9.84 Å². The van der Waals surface area contributed by atoms with Gasteiger partial charge in [0, 0.05) is 12.3 Å². The first-order chi connectivity index (χ1) is 7.76. The average Bonchev–Trinajstić information content (AvgIpc) is 2.11. The number of hydrogen-bond acceptors (Lipinski definition) is 3. The largest absolute Gasteiger partial charge is 0.327 e. The monoisotopic (exact) mass is 255 g/mol. The maximum Gasteiger partial charge on any atom is 0.147 e. The second-order valence-electron chi connectivity index (χ2n) is 4.88. The van der Waals surface area contributed by atoms with Gasteiger partial charge in [-0.15, -0.1) is 0 Å². The molecule has 1 rings (SSSR count). The van der Waals surface area contributed by atoms with Crippen LogP contribution in [0.1, 0.15) is 23.1 Å². The summed E-state index contributed by atoms with van der Waals surface area (Å²) in [4.78, 5) is 0. The van der Waals surface area contributed by atoms with Crippen molar-refractivity contribution in [3.63, 3.8) is 0 Å². The van der Waals surface area contributed by atoms with Crippen LogP contribution in [0, 0.1) is 13.8 Å². The third kappa shape index (κ3) is 5.84. The van der Waals surface area contributed by atoms with Gasteiger partial charge in [0.1, 0.15) is 9.84 Å². The summed E-state index contributed by atoms with van der Waals surface area (Å²) in [6, 6.07) is 6.23. The van der Waals surface area contributed by atoms with E-state index in [1.807, 2.05) is 0 Å². The van der Waals surface area contributed by atoms with Gasteiger partial charge in [-0.05, 0) is 32.3 Å². The van der Waals surface area contributed by atoms with E-state index in [9.17, 15) is 8.42 Å². The summed E-state index contributed by atoms with van der Waals surface area (Å²) in [7, 11) is -2.91. The SMILES string of the molecule is Cc1cc(C)cc(CC(N)CCS(C)(=O)=O)c1. The zero-order valence-corrected chi connectivity index (χ0v) is 11.5. The summed E-state index contributed by atoms with van der Waals surface area (Å²) in [5.74, 6) is 0.166. The summed E-state index contributed by atoms with van der Waals surface area (Å²) in [5.41, 5.74) is 9.57. The molecular formula is C13H21NO2S. The first-order valence-corrected chi connectivity index (χ1v) is 7.83. The molecule has 0 aliphatic carbocycles. The van der Waals surface area contributed by atoms with Crippen LogP contribution in [-0.2, 0) is 16.3 Å². The lowest BCUT2D eigenvalue weighted by Crippen LogP contribution is -2.26. The van der Waals surface area contributed by atoms with Crippen molar-refractivity contribution in [2.45, 2.75) is 32.7 Å². The molecule has 96 valence electrons. The molecular weight excluding hydrogens is 234 g/mol. The smallest absolute Gasteiger partial charge is 0.147 e. The Balaban J connectivity index is 2.59. The predicted octanol–water partition coefficient (Wildman–Crippen LogP) is 1.61. The Hall–Kier alpha value is -0.870. The van der Waals surface area contributed by atoms with Crippen LogP contribution in [-0.4, -0.2) is 26.5 Å². The van der Waals surface area contributed by atoms with Crippen molar-refractivity contribution >= 4 is 9.84 Å². The van der Waals surface area contributed by atoms with Crippen LogP contribution in [0.25, 0.3) is 0 Å². The minimum absolute atomic E-state index is 0.0917. The number of nitrogens with two attached hydrogens (primary N) is 1. The maximum atomic E-state index is 11.0. The van der Waals surface area contributed by atoms with Gasteiger partial charge in [0.05, 0.1) is 5.75 Å². The number of benzene rings is 1. The normalized spacial score (nSPS) is 13.6. The Morgan fingerprint density at radius 3 is 2.18 bits per heavy atom. The fourth-order valence-electron chi connectivity index (χ4n) is 1.96. The molecule has 0 aliphatic rings. The van der Waals surface area contributed by atoms with Gasteiger partial charge < -0.3 is 5.73 Å². The fraction of sp³-hybridized carbons (Fsp3) is 0.538. The molecule has 4 heteroatoms. The Morgan fingerprint density at radius 1 is 1.18 bits per heavy atom. The fourth-order valence-corrected chi connectivity index (χ4v) is 2.69. The molecule has 1 unspecified atom stereocenters. The highest BCUT2D eigenvalue weighted by Gasteiger charge is 2.09. The van der Waals surface area contributed by atoms with Crippen molar-refractivity contribution in [3.8, 4) is 0 Å². The molecule has 0 saturated heterocycles. The Bertz CT molecular complexity index is 460. The van der Waals surface area contributed by atoms with Crippen LogP contribution in [0.2, 0.25) is 0 Å². The van der Waals surface area contributed by atoms with Gasteiger partial charge >= 0.3 is 0 Å². The van der Waals surface area contributed by atoms with Crippen molar-refractivity contribution < 1.29 is 8.42 Å². The van der Waals surface area contributed by atoms with Gasteiger partial charge in [0.15, 0.2) is 0 Å².